The van der Waals surface area contributed by atoms with Crippen LogP contribution in [0.25, 0.3) is 0 Å². The van der Waals surface area contributed by atoms with Gasteiger partial charge in [0.15, 0.2) is 0 Å². The molecule has 2 fully saturated rings. The van der Waals surface area contributed by atoms with E-state index < -0.39 is 11.2 Å². The Hall–Kier alpha value is -0.810. The predicted molar refractivity (Wildman–Crippen MR) is 96.1 cm³/mol. The van der Waals surface area contributed by atoms with Crippen molar-refractivity contribution in [2.75, 3.05) is 19.6 Å². The van der Waals surface area contributed by atoms with Gasteiger partial charge in [-0.25, -0.2) is 4.79 Å². The highest BCUT2D eigenvalue weighted by Gasteiger charge is 2.38. The first-order valence-corrected chi connectivity index (χ1v) is 9.56. The summed E-state index contributed by atoms with van der Waals surface area (Å²) >= 11 is 0. The van der Waals surface area contributed by atoms with Gasteiger partial charge in [-0.3, -0.25) is 4.90 Å². The van der Waals surface area contributed by atoms with Crippen LogP contribution in [-0.2, 0) is 4.74 Å². The Morgan fingerprint density at radius 3 is 2.46 bits per heavy atom. The van der Waals surface area contributed by atoms with Crippen molar-refractivity contribution in [2.24, 2.45) is 0 Å². The first kappa shape index (κ1) is 19.5. The van der Waals surface area contributed by atoms with Crippen molar-refractivity contribution in [3.05, 3.63) is 0 Å². The van der Waals surface area contributed by atoms with Crippen LogP contribution in [0.15, 0.2) is 0 Å². The maximum atomic E-state index is 12.4. The number of amides is 1. The first-order valence-electron chi connectivity index (χ1n) is 9.56. The van der Waals surface area contributed by atoms with Gasteiger partial charge < -0.3 is 14.7 Å². The van der Waals surface area contributed by atoms with Gasteiger partial charge in [0, 0.05) is 31.7 Å². The van der Waals surface area contributed by atoms with Crippen molar-refractivity contribution in [1.82, 2.24) is 9.80 Å². The van der Waals surface area contributed by atoms with Crippen molar-refractivity contribution < 1.29 is 14.6 Å². The van der Waals surface area contributed by atoms with Gasteiger partial charge in [0.05, 0.1) is 5.60 Å². The van der Waals surface area contributed by atoms with Gasteiger partial charge in [-0.15, -0.1) is 0 Å². The molecule has 0 aromatic rings. The van der Waals surface area contributed by atoms with E-state index in [1.165, 1.54) is 0 Å². The fourth-order valence-electron chi connectivity index (χ4n) is 3.98. The summed E-state index contributed by atoms with van der Waals surface area (Å²) in [5.74, 6) is 0. The number of carbonyl (C=O) groups is 1. The zero-order valence-electron chi connectivity index (χ0n) is 16.2. The smallest absolute Gasteiger partial charge is 0.410 e. The van der Waals surface area contributed by atoms with Crippen LogP contribution in [0.1, 0.15) is 73.1 Å². The topological polar surface area (TPSA) is 53.0 Å². The lowest BCUT2D eigenvalue weighted by Gasteiger charge is -2.44. The molecule has 140 valence electrons. The number of hydrogen-bond acceptors (Lipinski definition) is 4. The summed E-state index contributed by atoms with van der Waals surface area (Å²) in [7, 11) is 0. The lowest BCUT2D eigenvalue weighted by Crippen LogP contribution is -2.56. The van der Waals surface area contributed by atoms with Crippen LogP contribution in [0.3, 0.4) is 0 Å². The second-order valence-electron chi connectivity index (χ2n) is 8.92. The highest BCUT2D eigenvalue weighted by molar-refractivity contribution is 5.68. The van der Waals surface area contributed by atoms with Gasteiger partial charge in [-0.05, 0) is 60.3 Å². The molecular weight excluding hydrogens is 304 g/mol. The third-order valence-corrected chi connectivity index (χ3v) is 5.19. The Kier molecular flexibility index (Phi) is 6.19. The van der Waals surface area contributed by atoms with Gasteiger partial charge in [-0.2, -0.15) is 0 Å². The summed E-state index contributed by atoms with van der Waals surface area (Å²) in [6, 6.07) is 0.661. The van der Waals surface area contributed by atoms with E-state index >= 15 is 0 Å². The largest absolute Gasteiger partial charge is 0.444 e. The number of hydrogen-bond donors (Lipinski definition) is 1. The van der Waals surface area contributed by atoms with Crippen molar-refractivity contribution in [3.8, 4) is 0 Å². The third-order valence-electron chi connectivity index (χ3n) is 5.19. The second kappa shape index (κ2) is 7.61. The highest BCUT2D eigenvalue weighted by atomic mass is 16.6. The highest BCUT2D eigenvalue weighted by Crippen LogP contribution is 2.32. The van der Waals surface area contributed by atoms with E-state index in [0.29, 0.717) is 18.6 Å². The molecule has 1 saturated carbocycles. The van der Waals surface area contributed by atoms with E-state index in [1.807, 2.05) is 25.7 Å². The summed E-state index contributed by atoms with van der Waals surface area (Å²) in [4.78, 5) is 16.6. The first-order chi connectivity index (χ1) is 11.1. The molecular formula is C19H36N2O3. The third kappa shape index (κ3) is 5.35. The van der Waals surface area contributed by atoms with Gasteiger partial charge in [0.25, 0.3) is 0 Å². The van der Waals surface area contributed by atoms with Crippen molar-refractivity contribution in [3.63, 3.8) is 0 Å². The number of ether oxygens (including phenoxy) is 1. The normalized spacial score (nSPS) is 24.7. The SMILES string of the molecule is CC(C)N(CC1(O)CCCC1)C1CCCN(C(=O)OC(C)(C)C)C1. The number of nitrogens with zero attached hydrogens (tertiary/aromatic N) is 2. The fourth-order valence-corrected chi connectivity index (χ4v) is 3.98. The van der Waals surface area contributed by atoms with E-state index in [-0.39, 0.29) is 6.09 Å². The summed E-state index contributed by atoms with van der Waals surface area (Å²) < 4.78 is 5.54. The van der Waals surface area contributed by atoms with Crippen LogP contribution in [0.2, 0.25) is 0 Å². The zero-order valence-corrected chi connectivity index (χ0v) is 16.2. The quantitative estimate of drug-likeness (QED) is 0.852. The van der Waals surface area contributed by atoms with Crippen molar-refractivity contribution >= 4 is 6.09 Å². The molecule has 0 radical (unpaired) electrons. The molecule has 1 heterocycles. The number of rotatable bonds is 4. The lowest BCUT2D eigenvalue weighted by atomic mass is 9.96. The molecule has 1 aliphatic carbocycles. The molecule has 1 saturated heterocycles. The molecule has 1 N–H and O–H groups in total. The maximum absolute atomic E-state index is 12.4. The molecule has 0 aromatic carbocycles. The molecule has 5 nitrogen and oxygen atoms in total. The van der Waals surface area contributed by atoms with Crippen LogP contribution in [-0.4, -0.2) is 63.9 Å². The monoisotopic (exact) mass is 340 g/mol. The molecule has 1 unspecified atom stereocenters. The van der Waals surface area contributed by atoms with Crippen LogP contribution >= 0.6 is 0 Å². The number of likely N-dealkylation sites (tertiary alicyclic amines) is 1. The summed E-state index contributed by atoms with van der Waals surface area (Å²) in [6.45, 7) is 12.3. The molecule has 24 heavy (non-hydrogen) atoms. The maximum Gasteiger partial charge on any atom is 0.410 e. The van der Waals surface area contributed by atoms with Crippen LogP contribution in [0.5, 0.6) is 0 Å². The fraction of sp³-hybridized carbons (Fsp3) is 0.947. The van der Waals surface area contributed by atoms with E-state index in [4.69, 9.17) is 4.74 Å². The Labute approximate surface area is 147 Å². The summed E-state index contributed by atoms with van der Waals surface area (Å²) in [5, 5.41) is 10.8. The van der Waals surface area contributed by atoms with Crippen molar-refractivity contribution in [2.45, 2.75) is 96.4 Å². The molecule has 2 rings (SSSR count). The van der Waals surface area contributed by atoms with Crippen LogP contribution in [0, 0.1) is 0 Å². The molecule has 1 amide bonds. The number of aliphatic hydroxyl groups is 1. The predicted octanol–water partition coefficient (Wildman–Crippen LogP) is 3.40. The Balaban J connectivity index is 2.00. The number of carbonyl (C=O) groups excluding carboxylic acids is 1. The molecule has 0 bridgehead atoms. The molecule has 2 aliphatic rings. The standard InChI is InChI=1S/C19H36N2O3/c1-15(2)21(14-19(23)10-6-7-11-19)16-9-8-12-20(13-16)17(22)24-18(3,4)5/h15-16,23H,6-14H2,1-5H3. The zero-order chi connectivity index (χ0) is 18.0. The molecule has 1 atom stereocenters. The minimum absolute atomic E-state index is 0.213. The summed E-state index contributed by atoms with van der Waals surface area (Å²) in [6.07, 6.45) is 5.90. The van der Waals surface area contributed by atoms with Crippen LogP contribution < -0.4 is 0 Å². The van der Waals surface area contributed by atoms with Crippen molar-refractivity contribution in [1.29, 1.82) is 0 Å². The Morgan fingerprint density at radius 1 is 1.29 bits per heavy atom. The Morgan fingerprint density at radius 2 is 1.92 bits per heavy atom. The average molecular weight is 341 g/mol. The summed E-state index contributed by atoms with van der Waals surface area (Å²) in [5.41, 5.74) is -1.00. The van der Waals surface area contributed by atoms with Gasteiger partial charge in [0.1, 0.15) is 5.60 Å². The average Bonchev–Trinajstić information content (AvgIpc) is 2.90. The molecule has 5 heteroatoms. The van der Waals surface area contributed by atoms with E-state index in [0.717, 1.165) is 51.6 Å². The molecule has 0 spiro atoms. The number of piperidine rings is 1. The minimum atomic E-state index is -0.543. The van der Waals surface area contributed by atoms with Gasteiger partial charge >= 0.3 is 6.09 Å². The van der Waals surface area contributed by atoms with Gasteiger partial charge in [0.2, 0.25) is 0 Å². The second-order valence-corrected chi connectivity index (χ2v) is 8.92. The van der Waals surface area contributed by atoms with E-state index in [2.05, 4.69) is 18.7 Å². The molecule has 0 aromatic heterocycles. The van der Waals surface area contributed by atoms with Crippen LogP contribution in [0.4, 0.5) is 4.79 Å². The van der Waals surface area contributed by atoms with E-state index in [9.17, 15) is 9.90 Å². The Bertz CT molecular complexity index is 425. The minimum Gasteiger partial charge on any atom is -0.444 e. The lowest BCUT2D eigenvalue weighted by molar-refractivity contribution is -0.0319. The van der Waals surface area contributed by atoms with E-state index in [1.54, 1.807) is 0 Å². The molecule has 1 aliphatic heterocycles. The van der Waals surface area contributed by atoms with Gasteiger partial charge in [-0.1, -0.05) is 12.8 Å².